The highest BCUT2D eigenvalue weighted by atomic mass is 32.1. The van der Waals surface area contributed by atoms with Gasteiger partial charge >= 0.3 is 0 Å². The Bertz CT molecular complexity index is 1120. The van der Waals surface area contributed by atoms with Crippen LogP contribution in [0, 0.1) is 26.7 Å². The van der Waals surface area contributed by atoms with Crippen molar-refractivity contribution in [3.8, 4) is 10.7 Å². The number of hydrogen-bond donors (Lipinski definition) is 1. The Hall–Kier alpha value is -3.00. The van der Waals surface area contributed by atoms with E-state index in [0.717, 1.165) is 26.7 Å². The number of carbonyl (C=O) groups is 2. The normalized spacial score (nSPS) is 16.3. The van der Waals surface area contributed by atoms with Gasteiger partial charge in [0.25, 0.3) is 0 Å². The van der Waals surface area contributed by atoms with Gasteiger partial charge < -0.3 is 14.7 Å². The first-order valence-corrected chi connectivity index (χ1v) is 10.8. The van der Waals surface area contributed by atoms with Gasteiger partial charge in [0.1, 0.15) is 0 Å². The molecule has 4 rings (SSSR count). The average Bonchev–Trinajstić information content (AvgIpc) is 3.43. The molecule has 7 nitrogen and oxygen atoms in total. The summed E-state index contributed by atoms with van der Waals surface area (Å²) >= 11 is 1.50. The van der Waals surface area contributed by atoms with E-state index >= 15 is 0 Å². The van der Waals surface area contributed by atoms with E-state index in [9.17, 15) is 9.59 Å². The zero-order valence-electron chi connectivity index (χ0n) is 17.5. The van der Waals surface area contributed by atoms with Crippen LogP contribution in [0.3, 0.4) is 0 Å². The second-order valence-electron chi connectivity index (χ2n) is 7.61. The number of amides is 2. The molecule has 1 unspecified atom stereocenters. The lowest BCUT2D eigenvalue weighted by molar-refractivity contribution is -0.122. The molecule has 0 radical (unpaired) electrons. The quantitative estimate of drug-likeness (QED) is 0.660. The summed E-state index contributed by atoms with van der Waals surface area (Å²) in [5, 5.41) is 6.98. The highest BCUT2D eigenvalue weighted by Crippen LogP contribution is 2.34. The summed E-state index contributed by atoms with van der Waals surface area (Å²) in [4.78, 5) is 33.3. The summed E-state index contributed by atoms with van der Waals surface area (Å²) in [7, 11) is 0. The van der Waals surface area contributed by atoms with Crippen molar-refractivity contribution in [3.63, 3.8) is 0 Å². The number of carbonyl (C=O) groups excluding carboxylic acids is 2. The minimum atomic E-state index is -0.390. The van der Waals surface area contributed by atoms with Crippen LogP contribution < -0.4 is 10.2 Å². The molecule has 1 aliphatic heterocycles. The molecule has 1 saturated heterocycles. The van der Waals surface area contributed by atoms with Gasteiger partial charge in [-0.15, -0.1) is 11.3 Å². The molecule has 0 bridgehead atoms. The maximum Gasteiger partial charge on any atom is 0.229 e. The topological polar surface area (TPSA) is 88.3 Å². The first kappa shape index (κ1) is 20.3. The highest BCUT2D eigenvalue weighted by Gasteiger charge is 2.35. The molecule has 2 aromatic heterocycles. The maximum absolute atomic E-state index is 12.9. The monoisotopic (exact) mass is 424 g/mol. The van der Waals surface area contributed by atoms with Crippen LogP contribution >= 0.6 is 11.3 Å². The molecule has 1 atom stereocenters. The van der Waals surface area contributed by atoms with Crippen LogP contribution in [-0.2, 0) is 16.0 Å². The molecule has 1 N–H and O–H groups in total. The fraction of sp³-hybridized carbons (Fsp3) is 0.364. The summed E-state index contributed by atoms with van der Waals surface area (Å²) in [5.74, 6) is 0.540. The molecule has 3 heterocycles. The van der Waals surface area contributed by atoms with Gasteiger partial charge in [-0.1, -0.05) is 18.1 Å². The summed E-state index contributed by atoms with van der Waals surface area (Å²) in [6.07, 6.45) is 0.882. The lowest BCUT2D eigenvalue weighted by Crippen LogP contribution is -2.28. The minimum Gasteiger partial charge on any atom is -0.339 e. The number of thiophene rings is 1. The summed E-state index contributed by atoms with van der Waals surface area (Å²) < 4.78 is 5.18. The molecule has 156 valence electrons. The van der Waals surface area contributed by atoms with Gasteiger partial charge in [-0.25, -0.2) is 0 Å². The largest absolute Gasteiger partial charge is 0.339 e. The molecule has 1 fully saturated rings. The van der Waals surface area contributed by atoms with Crippen LogP contribution in [0.2, 0.25) is 0 Å². The second-order valence-corrected chi connectivity index (χ2v) is 8.87. The van der Waals surface area contributed by atoms with Crippen molar-refractivity contribution in [1.82, 2.24) is 10.1 Å². The van der Waals surface area contributed by atoms with Crippen molar-refractivity contribution in [2.75, 3.05) is 16.8 Å². The predicted octanol–water partition coefficient (Wildman–Crippen LogP) is 4.28. The number of benzene rings is 1. The van der Waals surface area contributed by atoms with Gasteiger partial charge in [-0.3, -0.25) is 9.59 Å². The van der Waals surface area contributed by atoms with Gasteiger partial charge in [0.05, 0.1) is 16.5 Å². The third-order valence-corrected chi connectivity index (χ3v) is 6.51. The smallest absolute Gasteiger partial charge is 0.229 e. The molecule has 8 heteroatoms. The Labute approximate surface area is 179 Å². The van der Waals surface area contributed by atoms with E-state index in [0.29, 0.717) is 24.7 Å². The maximum atomic E-state index is 12.9. The van der Waals surface area contributed by atoms with Crippen LogP contribution in [-0.4, -0.2) is 28.5 Å². The van der Waals surface area contributed by atoms with E-state index < -0.39 is 5.92 Å². The van der Waals surface area contributed by atoms with Crippen LogP contribution in [0.5, 0.6) is 0 Å². The number of aromatic nitrogens is 2. The summed E-state index contributed by atoms with van der Waals surface area (Å²) in [6, 6.07) is 7.80. The van der Waals surface area contributed by atoms with Crippen molar-refractivity contribution < 1.29 is 14.1 Å². The molecule has 3 aromatic rings. The van der Waals surface area contributed by atoms with Gasteiger partial charge in [0.15, 0.2) is 0 Å². The lowest BCUT2D eigenvalue weighted by Gasteiger charge is -2.18. The van der Waals surface area contributed by atoms with Crippen molar-refractivity contribution >= 4 is 34.5 Å². The predicted molar refractivity (Wildman–Crippen MR) is 117 cm³/mol. The molecule has 1 aliphatic rings. The summed E-state index contributed by atoms with van der Waals surface area (Å²) in [6.45, 7) is 8.33. The van der Waals surface area contributed by atoms with Gasteiger partial charge in [0.2, 0.25) is 23.5 Å². The first-order chi connectivity index (χ1) is 14.4. The second kappa shape index (κ2) is 8.02. The Morgan fingerprint density at radius 2 is 2.07 bits per heavy atom. The fourth-order valence-electron chi connectivity index (χ4n) is 3.48. The zero-order chi connectivity index (χ0) is 21.4. The van der Waals surface area contributed by atoms with E-state index in [1.807, 2.05) is 52.0 Å². The van der Waals surface area contributed by atoms with Crippen LogP contribution in [0.1, 0.15) is 35.2 Å². The van der Waals surface area contributed by atoms with Crippen LogP contribution in [0.15, 0.2) is 28.8 Å². The molecule has 0 aliphatic carbocycles. The Morgan fingerprint density at radius 3 is 2.77 bits per heavy atom. The SMILES string of the molecule is CCc1nc(-c2cc(NC(=O)C3CC(=O)N(c4ccc(C)c(C)c4)C3)c(C)s2)no1. The molecule has 0 spiro atoms. The third-order valence-electron chi connectivity index (χ3n) is 5.46. The molecular weight excluding hydrogens is 400 g/mol. The van der Waals surface area contributed by atoms with Crippen molar-refractivity contribution in [2.45, 2.75) is 40.5 Å². The minimum absolute atomic E-state index is 0.0278. The van der Waals surface area contributed by atoms with Gasteiger partial charge in [-0.2, -0.15) is 4.98 Å². The fourth-order valence-corrected chi connectivity index (χ4v) is 4.38. The molecule has 2 amide bonds. The number of hydrogen-bond acceptors (Lipinski definition) is 6. The average molecular weight is 425 g/mol. The number of anilines is 2. The van der Waals surface area contributed by atoms with Crippen molar-refractivity contribution in [1.29, 1.82) is 0 Å². The lowest BCUT2D eigenvalue weighted by atomic mass is 10.1. The summed E-state index contributed by atoms with van der Waals surface area (Å²) in [5.41, 5.74) is 3.87. The number of nitrogens with one attached hydrogen (secondary N) is 1. The number of rotatable bonds is 5. The molecule has 0 saturated carbocycles. The van der Waals surface area contributed by atoms with E-state index in [-0.39, 0.29) is 18.2 Å². The Balaban J connectivity index is 1.46. The van der Waals surface area contributed by atoms with E-state index in [1.165, 1.54) is 16.9 Å². The third kappa shape index (κ3) is 3.87. The number of nitrogens with zero attached hydrogens (tertiary/aromatic N) is 3. The Kier molecular flexibility index (Phi) is 5.42. The molecule has 1 aromatic carbocycles. The van der Waals surface area contributed by atoms with Gasteiger partial charge in [-0.05, 0) is 50.1 Å². The van der Waals surface area contributed by atoms with Gasteiger partial charge in [0, 0.05) is 30.0 Å². The van der Waals surface area contributed by atoms with Crippen molar-refractivity contribution in [2.24, 2.45) is 5.92 Å². The first-order valence-electron chi connectivity index (χ1n) is 9.97. The van der Waals surface area contributed by atoms with E-state index in [2.05, 4.69) is 15.5 Å². The Morgan fingerprint density at radius 1 is 1.27 bits per heavy atom. The van der Waals surface area contributed by atoms with E-state index in [1.54, 1.807) is 4.90 Å². The molecule has 30 heavy (non-hydrogen) atoms. The highest BCUT2D eigenvalue weighted by molar-refractivity contribution is 7.16. The number of aryl methyl sites for hydroxylation is 4. The van der Waals surface area contributed by atoms with E-state index in [4.69, 9.17) is 4.52 Å². The van der Waals surface area contributed by atoms with Crippen LogP contribution in [0.25, 0.3) is 10.7 Å². The molecular formula is C22H24N4O3S. The van der Waals surface area contributed by atoms with Crippen molar-refractivity contribution in [3.05, 3.63) is 46.2 Å². The zero-order valence-corrected chi connectivity index (χ0v) is 18.3. The van der Waals surface area contributed by atoms with Crippen LogP contribution in [0.4, 0.5) is 11.4 Å². The standard InChI is InChI=1S/C22H24N4O3S/c1-5-19-24-21(25-29-19)18-10-17(14(4)30-18)23-22(28)15-9-20(27)26(11-15)16-7-6-12(2)13(3)8-16/h6-8,10,15H,5,9,11H2,1-4H3,(H,23,28).